The number of nitrogens with one attached hydrogen (secondary N) is 1. The van der Waals surface area contributed by atoms with E-state index in [9.17, 15) is 0 Å². The topological polar surface area (TPSA) is 38.1 Å². The zero-order valence-corrected chi connectivity index (χ0v) is 13.5. The van der Waals surface area contributed by atoms with Crippen LogP contribution in [0.3, 0.4) is 0 Å². The molecule has 0 atom stereocenters. The van der Waals surface area contributed by atoms with E-state index in [1.807, 2.05) is 18.2 Å². The quantitative estimate of drug-likeness (QED) is 0.882. The summed E-state index contributed by atoms with van der Waals surface area (Å²) in [6.45, 7) is 7.00. The maximum Gasteiger partial charge on any atom is 0.181 e. The van der Waals surface area contributed by atoms with Crippen molar-refractivity contribution in [3.05, 3.63) is 39.8 Å². The van der Waals surface area contributed by atoms with E-state index in [1.165, 1.54) is 6.39 Å². The van der Waals surface area contributed by atoms with Gasteiger partial charge >= 0.3 is 0 Å². The van der Waals surface area contributed by atoms with E-state index in [-0.39, 0.29) is 5.54 Å². The molecule has 1 aromatic heterocycles. The van der Waals surface area contributed by atoms with E-state index in [0.29, 0.717) is 11.6 Å². The Morgan fingerprint density at radius 3 is 2.74 bits per heavy atom. The van der Waals surface area contributed by atoms with Gasteiger partial charge in [0.15, 0.2) is 12.2 Å². The molecule has 0 saturated heterocycles. The lowest BCUT2D eigenvalue weighted by atomic mass is 10.1. The van der Waals surface area contributed by atoms with Gasteiger partial charge in [-0.2, -0.15) is 0 Å². The van der Waals surface area contributed by atoms with Gasteiger partial charge in [-0.15, -0.1) is 0 Å². The van der Waals surface area contributed by atoms with E-state index >= 15 is 0 Å². The second-order valence-corrected chi connectivity index (χ2v) is 6.62. The fraction of sp³-hybridized carbons (Fsp3) is 0.357. The smallest absolute Gasteiger partial charge is 0.181 e. The first-order chi connectivity index (χ1) is 8.87. The van der Waals surface area contributed by atoms with Crippen LogP contribution in [-0.2, 0) is 6.54 Å². The molecule has 1 aromatic carbocycles. The lowest BCUT2D eigenvalue weighted by Crippen LogP contribution is -2.35. The van der Waals surface area contributed by atoms with Crippen LogP contribution in [0.25, 0.3) is 11.3 Å². The molecule has 0 amide bonds. The molecule has 2 rings (SSSR count). The minimum absolute atomic E-state index is 0.0353. The molecule has 0 fully saturated rings. The van der Waals surface area contributed by atoms with Gasteiger partial charge in [-0.05, 0) is 54.9 Å². The molecule has 3 nitrogen and oxygen atoms in total. The number of halogens is 2. The molecule has 19 heavy (non-hydrogen) atoms. The molecule has 102 valence electrons. The normalized spacial score (nSPS) is 11.8. The molecule has 1 N–H and O–H groups in total. The molecular weight excluding hydrogens is 328 g/mol. The first-order valence-electron chi connectivity index (χ1n) is 5.99. The standard InChI is InChI=1S/C14H16BrClN2O/c1-14(2,3)18-7-12-13(19-8-17-12)9-4-5-10(15)11(16)6-9/h4-6,8,18H,7H2,1-3H3. The van der Waals surface area contributed by atoms with Crippen LogP contribution < -0.4 is 5.32 Å². The summed E-state index contributed by atoms with van der Waals surface area (Å²) in [7, 11) is 0. The highest BCUT2D eigenvalue weighted by Gasteiger charge is 2.15. The van der Waals surface area contributed by atoms with Crippen molar-refractivity contribution in [1.82, 2.24) is 10.3 Å². The van der Waals surface area contributed by atoms with Gasteiger partial charge in [0.1, 0.15) is 5.69 Å². The Morgan fingerprint density at radius 1 is 1.37 bits per heavy atom. The van der Waals surface area contributed by atoms with Crippen LogP contribution in [0, 0.1) is 0 Å². The van der Waals surface area contributed by atoms with Crippen molar-refractivity contribution in [3.63, 3.8) is 0 Å². The fourth-order valence-corrected chi connectivity index (χ4v) is 2.04. The van der Waals surface area contributed by atoms with E-state index in [0.717, 1.165) is 21.5 Å². The Labute approximate surface area is 126 Å². The van der Waals surface area contributed by atoms with Crippen LogP contribution in [0.15, 0.2) is 33.5 Å². The molecule has 0 aliphatic carbocycles. The number of benzene rings is 1. The largest absolute Gasteiger partial charge is 0.443 e. The Bertz CT molecular complexity index is 575. The first kappa shape index (κ1) is 14.6. The molecule has 0 radical (unpaired) electrons. The average molecular weight is 344 g/mol. The van der Waals surface area contributed by atoms with Crippen molar-refractivity contribution in [2.75, 3.05) is 0 Å². The second-order valence-electron chi connectivity index (χ2n) is 5.36. The molecule has 0 saturated carbocycles. The number of rotatable bonds is 3. The van der Waals surface area contributed by atoms with Crippen molar-refractivity contribution in [3.8, 4) is 11.3 Å². The summed E-state index contributed by atoms with van der Waals surface area (Å²) in [6, 6.07) is 5.73. The first-order valence-corrected chi connectivity index (χ1v) is 7.17. The van der Waals surface area contributed by atoms with E-state index in [4.69, 9.17) is 16.0 Å². The molecule has 0 bridgehead atoms. The minimum atomic E-state index is 0.0353. The van der Waals surface area contributed by atoms with Crippen molar-refractivity contribution in [1.29, 1.82) is 0 Å². The Kier molecular flexibility index (Phi) is 4.33. The monoisotopic (exact) mass is 342 g/mol. The number of aromatic nitrogens is 1. The highest BCUT2D eigenvalue weighted by molar-refractivity contribution is 9.10. The lowest BCUT2D eigenvalue weighted by Gasteiger charge is -2.19. The number of oxazole rings is 1. The summed E-state index contributed by atoms with van der Waals surface area (Å²) in [6.07, 6.45) is 1.46. The van der Waals surface area contributed by atoms with Gasteiger partial charge in [-0.3, -0.25) is 0 Å². The zero-order valence-electron chi connectivity index (χ0n) is 11.1. The van der Waals surface area contributed by atoms with Gasteiger partial charge < -0.3 is 9.73 Å². The second kappa shape index (κ2) is 5.65. The Balaban J connectivity index is 2.26. The molecule has 2 aromatic rings. The molecular formula is C14H16BrClN2O. The van der Waals surface area contributed by atoms with Crippen LogP contribution in [0.1, 0.15) is 26.5 Å². The summed E-state index contributed by atoms with van der Waals surface area (Å²) < 4.78 is 6.35. The van der Waals surface area contributed by atoms with Crippen LogP contribution >= 0.6 is 27.5 Å². The molecule has 0 aliphatic rings. The summed E-state index contributed by atoms with van der Waals surface area (Å²) in [5.41, 5.74) is 1.85. The molecule has 0 aliphatic heterocycles. The lowest BCUT2D eigenvalue weighted by molar-refractivity contribution is 0.421. The minimum Gasteiger partial charge on any atom is -0.443 e. The molecule has 1 heterocycles. The third kappa shape index (κ3) is 3.81. The Hall–Kier alpha value is -0.840. The average Bonchev–Trinajstić information content (AvgIpc) is 2.77. The predicted octanol–water partition coefficient (Wildman–Crippen LogP) is 4.65. The van der Waals surface area contributed by atoms with Crippen LogP contribution in [-0.4, -0.2) is 10.5 Å². The van der Waals surface area contributed by atoms with Gasteiger partial charge in [-0.1, -0.05) is 11.6 Å². The van der Waals surface area contributed by atoms with Crippen LogP contribution in [0.5, 0.6) is 0 Å². The van der Waals surface area contributed by atoms with Gasteiger partial charge in [-0.25, -0.2) is 4.98 Å². The van der Waals surface area contributed by atoms with Crippen molar-refractivity contribution in [2.45, 2.75) is 32.9 Å². The predicted molar refractivity (Wildman–Crippen MR) is 81.2 cm³/mol. The SMILES string of the molecule is CC(C)(C)NCc1ncoc1-c1ccc(Br)c(Cl)c1. The summed E-state index contributed by atoms with van der Waals surface area (Å²) in [5.74, 6) is 0.756. The van der Waals surface area contributed by atoms with Gasteiger partial charge in [0.2, 0.25) is 0 Å². The number of hydrogen-bond donors (Lipinski definition) is 1. The van der Waals surface area contributed by atoms with E-state index in [2.05, 4.69) is 47.0 Å². The third-order valence-corrected chi connectivity index (χ3v) is 3.84. The third-order valence-electron chi connectivity index (χ3n) is 2.61. The summed E-state index contributed by atoms with van der Waals surface area (Å²) >= 11 is 9.49. The summed E-state index contributed by atoms with van der Waals surface area (Å²) in [5, 5.41) is 4.05. The maximum atomic E-state index is 6.11. The highest BCUT2D eigenvalue weighted by Crippen LogP contribution is 2.30. The van der Waals surface area contributed by atoms with Gasteiger partial charge in [0, 0.05) is 22.1 Å². The van der Waals surface area contributed by atoms with Crippen LogP contribution in [0.2, 0.25) is 5.02 Å². The zero-order chi connectivity index (χ0) is 14.0. The number of nitrogens with zero attached hydrogens (tertiary/aromatic N) is 1. The van der Waals surface area contributed by atoms with E-state index < -0.39 is 0 Å². The Morgan fingerprint density at radius 2 is 2.11 bits per heavy atom. The molecule has 5 heteroatoms. The van der Waals surface area contributed by atoms with Crippen molar-refractivity contribution < 1.29 is 4.42 Å². The van der Waals surface area contributed by atoms with Crippen molar-refractivity contribution >= 4 is 27.5 Å². The fourth-order valence-electron chi connectivity index (χ4n) is 1.62. The van der Waals surface area contributed by atoms with Gasteiger partial charge in [0.25, 0.3) is 0 Å². The molecule has 0 unspecified atom stereocenters. The molecule has 0 spiro atoms. The summed E-state index contributed by atoms with van der Waals surface area (Å²) in [4.78, 5) is 4.26. The highest BCUT2D eigenvalue weighted by atomic mass is 79.9. The maximum absolute atomic E-state index is 6.11. The van der Waals surface area contributed by atoms with Crippen molar-refractivity contribution in [2.24, 2.45) is 0 Å². The van der Waals surface area contributed by atoms with E-state index in [1.54, 1.807) is 0 Å². The van der Waals surface area contributed by atoms with Crippen LogP contribution in [0.4, 0.5) is 0 Å². The number of hydrogen-bond acceptors (Lipinski definition) is 3. The van der Waals surface area contributed by atoms with Gasteiger partial charge in [0.05, 0.1) is 5.02 Å².